The lowest BCUT2D eigenvalue weighted by Gasteiger charge is -2.09. The van der Waals surface area contributed by atoms with Crippen molar-refractivity contribution in [1.82, 2.24) is 14.5 Å². The number of pyridine rings is 1. The molecule has 0 amide bonds. The van der Waals surface area contributed by atoms with E-state index >= 15 is 0 Å². The summed E-state index contributed by atoms with van der Waals surface area (Å²) in [5, 5.41) is 0. The van der Waals surface area contributed by atoms with Gasteiger partial charge in [0.05, 0.1) is 22.8 Å². The minimum atomic E-state index is -1.09. The van der Waals surface area contributed by atoms with Gasteiger partial charge < -0.3 is 9.12 Å². The number of fused-ring (bicyclic) bond motifs is 1. The molecule has 0 saturated carbocycles. The molecule has 0 N–H and O–H groups in total. The molecule has 102 valence electrons. The standard InChI is InChI=1S/C15H15N3OS/c1-10-4-5-13-12(8-10)17-15(18(13)2)11-6-7-16-9-14(11)20(3)19/h4-9H,1-3H3. The van der Waals surface area contributed by atoms with Crippen molar-refractivity contribution in [3.63, 3.8) is 0 Å². The molecule has 3 aromatic rings. The molecule has 1 aromatic carbocycles. The lowest BCUT2D eigenvalue weighted by molar-refractivity contribution is 0.600. The minimum Gasteiger partial charge on any atom is -0.612 e. The van der Waals surface area contributed by atoms with E-state index in [4.69, 9.17) is 0 Å². The zero-order chi connectivity index (χ0) is 14.3. The lowest BCUT2D eigenvalue weighted by Crippen LogP contribution is -2.03. The summed E-state index contributed by atoms with van der Waals surface area (Å²) in [5.74, 6) is 0.818. The van der Waals surface area contributed by atoms with Crippen LogP contribution in [0, 0.1) is 6.92 Å². The van der Waals surface area contributed by atoms with Crippen LogP contribution < -0.4 is 0 Å². The molecule has 4 nitrogen and oxygen atoms in total. The fourth-order valence-electron chi connectivity index (χ4n) is 2.34. The second-order valence-electron chi connectivity index (χ2n) is 4.81. The van der Waals surface area contributed by atoms with E-state index in [-0.39, 0.29) is 0 Å². The summed E-state index contributed by atoms with van der Waals surface area (Å²) in [5.41, 5.74) is 4.07. The Labute approximate surface area is 120 Å². The molecule has 20 heavy (non-hydrogen) atoms. The number of aryl methyl sites for hydroxylation is 2. The molecule has 1 unspecified atom stereocenters. The molecule has 0 aliphatic heterocycles. The topological polar surface area (TPSA) is 53.8 Å². The number of imidazole rings is 1. The first-order valence-electron chi connectivity index (χ1n) is 6.29. The average Bonchev–Trinajstić information content (AvgIpc) is 2.75. The number of benzene rings is 1. The quantitative estimate of drug-likeness (QED) is 0.680. The van der Waals surface area contributed by atoms with E-state index < -0.39 is 11.2 Å². The largest absolute Gasteiger partial charge is 0.612 e. The van der Waals surface area contributed by atoms with Crippen molar-refractivity contribution in [2.75, 3.05) is 6.26 Å². The molecule has 3 rings (SSSR count). The maximum atomic E-state index is 11.9. The highest BCUT2D eigenvalue weighted by molar-refractivity contribution is 7.90. The average molecular weight is 285 g/mol. The van der Waals surface area contributed by atoms with Gasteiger partial charge >= 0.3 is 0 Å². The molecule has 0 bridgehead atoms. The maximum absolute atomic E-state index is 11.9. The number of nitrogens with zero attached hydrogens (tertiary/aromatic N) is 3. The molecular weight excluding hydrogens is 270 g/mol. The molecule has 0 fully saturated rings. The van der Waals surface area contributed by atoms with E-state index in [9.17, 15) is 4.55 Å². The first-order chi connectivity index (χ1) is 9.58. The summed E-state index contributed by atoms with van der Waals surface area (Å²) < 4.78 is 13.9. The zero-order valence-corrected chi connectivity index (χ0v) is 12.4. The van der Waals surface area contributed by atoms with E-state index in [0.717, 1.165) is 22.4 Å². The predicted octanol–water partition coefficient (Wildman–Crippen LogP) is 2.68. The minimum absolute atomic E-state index is 0.711. The Morgan fingerprint density at radius 1 is 1.25 bits per heavy atom. The number of hydrogen-bond donors (Lipinski definition) is 0. The summed E-state index contributed by atoms with van der Waals surface area (Å²) in [7, 11) is 1.97. The van der Waals surface area contributed by atoms with Gasteiger partial charge in [0.1, 0.15) is 12.1 Å². The van der Waals surface area contributed by atoms with Crippen LogP contribution in [-0.2, 0) is 18.2 Å². The van der Waals surface area contributed by atoms with Crippen LogP contribution in [0.1, 0.15) is 5.56 Å². The summed E-state index contributed by atoms with van der Waals surface area (Å²) in [4.78, 5) is 9.46. The van der Waals surface area contributed by atoms with Gasteiger partial charge in [0.2, 0.25) is 0 Å². The van der Waals surface area contributed by atoms with Crippen LogP contribution in [0.2, 0.25) is 0 Å². The third kappa shape index (κ3) is 2.09. The van der Waals surface area contributed by atoms with Crippen molar-refractivity contribution in [2.45, 2.75) is 11.8 Å². The third-order valence-corrected chi connectivity index (χ3v) is 4.32. The van der Waals surface area contributed by atoms with Crippen LogP contribution in [0.5, 0.6) is 0 Å². The molecule has 0 saturated heterocycles. The van der Waals surface area contributed by atoms with Gasteiger partial charge in [-0.05, 0) is 41.9 Å². The van der Waals surface area contributed by atoms with Gasteiger partial charge in [0.15, 0.2) is 4.90 Å². The molecule has 0 aliphatic carbocycles. The SMILES string of the molecule is Cc1ccc2c(c1)nc(-c1ccncc1[S+](C)[O-])n2C. The molecule has 1 atom stereocenters. The predicted molar refractivity (Wildman–Crippen MR) is 81.0 cm³/mol. The Morgan fingerprint density at radius 2 is 2.05 bits per heavy atom. The summed E-state index contributed by atoms with van der Waals surface area (Å²) in [6.45, 7) is 2.05. The molecule has 5 heteroatoms. The number of rotatable bonds is 2. The van der Waals surface area contributed by atoms with E-state index in [1.54, 1.807) is 18.6 Å². The van der Waals surface area contributed by atoms with Gasteiger partial charge in [-0.2, -0.15) is 0 Å². The van der Waals surface area contributed by atoms with Crippen molar-refractivity contribution < 1.29 is 4.55 Å². The van der Waals surface area contributed by atoms with Gasteiger partial charge in [0.25, 0.3) is 0 Å². The monoisotopic (exact) mass is 285 g/mol. The van der Waals surface area contributed by atoms with E-state index in [0.29, 0.717) is 4.90 Å². The first-order valence-corrected chi connectivity index (χ1v) is 7.84. The van der Waals surface area contributed by atoms with Gasteiger partial charge in [-0.3, -0.25) is 4.98 Å². The second-order valence-corrected chi connectivity index (χ2v) is 6.16. The van der Waals surface area contributed by atoms with Crippen LogP contribution in [0.25, 0.3) is 22.4 Å². The molecular formula is C15H15N3OS. The molecule has 0 aliphatic rings. The summed E-state index contributed by atoms with van der Waals surface area (Å²) in [6, 6.07) is 8.05. The maximum Gasteiger partial charge on any atom is 0.181 e. The van der Waals surface area contributed by atoms with E-state index in [2.05, 4.69) is 28.2 Å². The molecule has 2 heterocycles. The highest BCUT2D eigenvalue weighted by Gasteiger charge is 2.18. The van der Waals surface area contributed by atoms with Gasteiger partial charge in [-0.15, -0.1) is 0 Å². The third-order valence-electron chi connectivity index (χ3n) is 3.37. The fourth-order valence-corrected chi connectivity index (χ4v) is 3.02. The number of aromatic nitrogens is 3. The summed E-state index contributed by atoms with van der Waals surface area (Å²) in [6.07, 6.45) is 5.01. The van der Waals surface area contributed by atoms with Crippen molar-refractivity contribution in [2.24, 2.45) is 7.05 Å². The first kappa shape index (κ1) is 13.1. The van der Waals surface area contributed by atoms with Gasteiger partial charge in [0, 0.05) is 13.2 Å². The van der Waals surface area contributed by atoms with E-state index in [1.165, 1.54) is 5.56 Å². The summed E-state index contributed by atoms with van der Waals surface area (Å²) >= 11 is -1.09. The van der Waals surface area contributed by atoms with Crippen molar-refractivity contribution in [3.05, 3.63) is 42.2 Å². The normalized spacial score (nSPS) is 12.8. The van der Waals surface area contributed by atoms with Gasteiger partial charge in [-0.1, -0.05) is 6.07 Å². The smallest absolute Gasteiger partial charge is 0.181 e. The fraction of sp³-hybridized carbons (Fsp3) is 0.200. The van der Waals surface area contributed by atoms with Gasteiger partial charge in [-0.25, -0.2) is 4.98 Å². The van der Waals surface area contributed by atoms with Crippen molar-refractivity contribution in [1.29, 1.82) is 0 Å². The molecule has 2 aromatic heterocycles. The Bertz CT molecular complexity index is 780. The molecule has 0 radical (unpaired) electrons. The highest BCUT2D eigenvalue weighted by Crippen LogP contribution is 2.28. The van der Waals surface area contributed by atoms with Crippen molar-refractivity contribution >= 4 is 22.2 Å². The van der Waals surface area contributed by atoms with Crippen LogP contribution in [0.3, 0.4) is 0 Å². The zero-order valence-electron chi connectivity index (χ0n) is 11.6. The second kappa shape index (κ2) is 4.92. The number of hydrogen-bond acceptors (Lipinski definition) is 3. The van der Waals surface area contributed by atoms with Crippen LogP contribution in [-0.4, -0.2) is 25.3 Å². The lowest BCUT2D eigenvalue weighted by atomic mass is 10.2. The Morgan fingerprint density at radius 3 is 2.80 bits per heavy atom. The molecule has 0 spiro atoms. The van der Waals surface area contributed by atoms with Crippen molar-refractivity contribution in [3.8, 4) is 11.4 Å². The highest BCUT2D eigenvalue weighted by atomic mass is 32.2. The Kier molecular flexibility index (Phi) is 3.23. The van der Waals surface area contributed by atoms with Crippen LogP contribution in [0.15, 0.2) is 41.6 Å². The van der Waals surface area contributed by atoms with Crippen LogP contribution in [0.4, 0.5) is 0 Å². The Balaban J connectivity index is 2.27. The van der Waals surface area contributed by atoms with E-state index in [1.807, 2.05) is 24.6 Å². The van der Waals surface area contributed by atoms with Crippen LogP contribution >= 0.6 is 0 Å². The Hall–Kier alpha value is -1.85.